The lowest BCUT2D eigenvalue weighted by Gasteiger charge is -2.23. The van der Waals surface area contributed by atoms with E-state index in [0.29, 0.717) is 12.7 Å². The summed E-state index contributed by atoms with van der Waals surface area (Å²) in [5.41, 5.74) is 0.876. The molecule has 0 aliphatic carbocycles. The minimum atomic E-state index is -0.666. The first-order chi connectivity index (χ1) is 8.72. The molecule has 0 aromatic heterocycles. The highest BCUT2D eigenvalue weighted by Crippen LogP contribution is 2.07. The van der Waals surface area contributed by atoms with Crippen molar-refractivity contribution in [1.29, 1.82) is 0 Å². The van der Waals surface area contributed by atoms with Gasteiger partial charge in [0.15, 0.2) is 0 Å². The van der Waals surface area contributed by atoms with Gasteiger partial charge in [-0.3, -0.25) is 4.84 Å². The van der Waals surface area contributed by atoms with Crippen LogP contribution in [-0.2, 0) is 21.0 Å². The van der Waals surface area contributed by atoms with Gasteiger partial charge in [0, 0.05) is 0 Å². The molecule has 18 heavy (non-hydrogen) atoms. The summed E-state index contributed by atoms with van der Waals surface area (Å²) < 4.78 is 5.07. The van der Waals surface area contributed by atoms with Gasteiger partial charge >= 0.3 is 6.09 Å². The smallest absolute Gasteiger partial charge is 0.434 e. The van der Waals surface area contributed by atoms with Crippen molar-refractivity contribution in [3.63, 3.8) is 0 Å². The number of carbonyl (C=O) groups excluding carboxylic acids is 2. The van der Waals surface area contributed by atoms with E-state index in [2.05, 4.69) is 0 Å². The van der Waals surface area contributed by atoms with Crippen LogP contribution in [0.1, 0.15) is 18.9 Å². The Kier molecular flexibility index (Phi) is 5.87. The molecule has 5 heteroatoms. The molecule has 1 aromatic carbocycles. The molecule has 5 nitrogen and oxygen atoms in total. The molecule has 1 amide bonds. The van der Waals surface area contributed by atoms with E-state index < -0.39 is 12.1 Å². The fraction of sp³-hybridized carbons (Fsp3) is 0.385. The van der Waals surface area contributed by atoms with Crippen molar-refractivity contribution in [2.24, 2.45) is 0 Å². The number of hydroxylamine groups is 2. The van der Waals surface area contributed by atoms with Gasteiger partial charge in [-0.05, 0) is 12.0 Å². The predicted octanol–water partition coefficient (Wildman–Crippen LogP) is 2.16. The van der Waals surface area contributed by atoms with Crippen molar-refractivity contribution in [1.82, 2.24) is 5.06 Å². The largest absolute Gasteiger partial charge is 0.443 e. The first kappa shape index (κ1) is 14.2. The summed E-state index contributed by atoms with van der Waals surface area (Å²) in [5, 5.41) is 0.940. The maximum absolute atomic E-state index is 11.7. The number of ether oxygens (including phenoxy) is 1. The van der Waals surface area contributed by atoms with E-state index in [1.165, 1.54) is 7.11 Å². The molecule has 0 fully saturated rings. The third-order valence-electron chi connectivity index (χ3n) is 2.46. The second-order valence-electron chi connectivity index (χ2n) is 3.66. The zero-order valence-corrected chi connectivity index (χ0v) is 10.5. The Balaban J connectivity index is 2.55. The van der Waals surface area contributed by atoms with E-state index in [1.54, 1.807) is 6.92 Å². The van der Waals surface area contributed by atoms with Gasteiger partial charge in [0.1, 0.15) is 18.9 Å². The van der Waals surface area contributed by atoms with Crippen LogP contribution in [0, 0.1) is 0 Å². The summed E-state index contributed by atoms with van der Waals surface area (Å²) >= 11 is 0. The highest BCUT2D eigenvalue weighted by atomic mass is 16.7. The van der Waals surface area contributed by atoms with Gasteiger partial charge in [0.05, 0.1) is 7.11 Å². The number of carbonyl (C=O) groups is 2. The van der Waals surface area contributed by atoms with Gasteiger partial charge in [-0.2, -0.15) is 5.06 Å². The van der Waals surface area contributed by atoms with E-state index in [0.717, 1.165) is 10.6 Å². The lowest BCUT2D eigenvalue weighted by atomic mass is 10.2. The topological polar surface area (TPSA) is 55.8 Å². The molecule has 1 atom stereocenters. The fourth-order valence-corrected chi connectivity index (χ4v) is 1.45. The summed E-state index contributed by atoms with van der Waals surface area (Å²) in [4.78, 5) is 27.4. The Bertz CT molecular complexity index is 380. The lowest BCUT2D eigenvalue weighted by Crippen LogP contribution is -2.40. The standard InChI is InChI=1S/C13H17NO4/c1-3-12(9-15)14(17-2)13(16)18-10-11-7-5-4-6-8-11/h4-9,12H,3,10H2,1-2H3/t12-/m0/s1. The summed E-state index contributed by atoms with van der Waals surface area (Å²) in [6.07, 6.45) is 0.464. The zero-order valence-electron chi connectivity index (χ0n) is 10.5. The maximum atomic E-state index is 11.7. The molecule has 0 unspecified atom stereocenters. The number of rotatable bonds is 6. The van der Waals surface area contributed by atoms with E-state index in [9.17, 15) is 9.59 Å². The van der Waals surface area contributed by atoms with E-state index >= 15 is 0 Å². The number of nitrogens with zero attached hydrogens (tertiary/aromatic N) is 1. The van der Waals surface area contributed by atoms with Crippen molar-refractivity contribution >= 4 is 12.4 Å². The lowest BCUT2D eigenvalue weighted by molar-refractivity contribution is -0.149. The van der Waals surface area contributed by atoms with E-state index in [-0.39, 0.29) is 6.61 Å². The van der Waals surface area contributed by atoms with Crippen molar-refractivity contribution in [2.45, 2.75) is 26.0 Å². The average Bonchev–Trinajstić information content (AvgIpc) is 2.43. The molecular formula is C13H17NO4. The molecule has 0 heterocycles. The molecule has 0 bridgehead atoms. The second kappa shape index (κ2) is 7.45. The van der Waals surface area contributed by atoms with Crippen LogP contribution in [-0.4, -0.2) is 30.6 Å². The Morgan fingerprint density at radius 2 is 2.06 bits per heavy atom. The Morgan fingerprint density at radius 3 is 2.56 bits per heavy atom. The van der Waals surface area contributed by atoms with Crippen molar-refractivity contribution < 1.29 is 19.2 Å². The number of amides is 1. The molecular weight excluding hydrogens is 234 g/mol. The van der Waals surface area contributed by atoms with Crippen molar-refractivity contribution in [2.75, 3.05) is 7.11 Å². The van der Waals surface area contributed by atoms with Crippen LogP contribution in [0.15, 0.2) is 30.3 Å². The fourth-order valence-electron chi connectivity index (χ4n) is 1.45. The molecule has 1 rings (SSSR count). The maximum Gasteiger partial charge on any atom is 0.434 e. The molecule has 1 aromatic rings. The first-order valence-electron chi connectivity index (χ1n) is 5.72. The minimum Gasteiger partial charge on any atom is -0.443 e. The van der Waals surface area contributed by atoms with Crippen LogP contribution in [0.5, 0.6) is 0 Å². The normalized spacial score (nSPS) is 11.7. The number of aldehydes is 1. The number of hydrogen-bond acceptors (Lipinski definition) is 4. The Morgan fingerprint density at radius 1 is 1.39 bits per heavy atom. The summed E-state index contributed by atoms with van der Waals surface area (Å²) in [5.74, 6) is 0. The van der Waals surface area contributed by atoms with Gasteiger partial charge in [-0.1, -0.05) is 37.3 Å². The van der Waals surface area contributed by atoms with Crippen LogP contribution >= 0.6 is 0 Å². The minimum absolute atomic E-state index is 0.148. The van der Waals surface area contributed by atoms with E-state index in [1.807, 2.05) is 30.3 Å². The van der Waals surface area contributed by atoms with Gasteiger partial charge in [-0.15, -0.1) is 0 Å². The van der Waals surface area contributed by atoms with Crippen LogP contribution in [0.25, 0.3) is 0 Å². The summed E-state index contributed by atoms with van der Waals surface area (Å²) in [6.45, 7) is 1.93. The molecule has 98 valence electrons. The van der Waals surface area contributed by atoms with Gasteiger partial charge in [-0.25, -0.2) is 4.79 Å². The van der Waals surface area contributed by atoms with E-state index in [4.69, 9.17) is 9.57 Å². The molecule has 0 saturated heterocycles. The van der Waals surface area contributed by atoms with Crippen LogP contribution < -0.4 is 0 Å². The van der Waals surface area contributed by atoms with Gasteiger partial charge < -0.3 is 9.53 Å². The van der Waals surface area contributed by atoms with Crippen LogP contribution in [0.3, 0.4) is 0 Å². The molecule has 0 radical (unpaired) electrons. The monoisotopic (exact) mass is 251 g/mol. The highest BCUT2D eigenvalue weighted by Gasteiger charge is 2.23. The first-order valence-corrected chi connectivity index (χ1v) is 5.72. The third kappa shape index (κ3) is 3.85. The quantitative estimate of drug-likeness (QED) is 0.574. The second-order valence-corrected chi connectivity index (χ2v) is 3.66. The third-order valence-corrected chi connectivity index (χ3v) is 2.46. The van der Waals surface area contributed by atoms with Crippen LogP contribution in [0.2, 0.25) is 0 Å². The SMILES string of the molecule is CC[C@@H](C=O)N(OC)C(=O)OCc1ccccc1. The molecule has 0 aliphatic heterocycles. The van der Waals surface area contributed by atoms with Gasteiger partial charge in [0.2, 0.25) is 0 Å². The number of benzene rings is 1. The molecule has 0 N–H and O–H groups in total. The van der Waals surface area contributed by atoms with Crippen molar-refractivity contribution in [3.05, 3.63) is 35.9 Å². The summed E-state index contributed by atoms with van der Waals surface area (Å²) in [6, 6.07) is 8.67. The average molecular weight is 251 g/mol. The molecule has 0 aliphatic rings. The Hall–Kier alpha value is -1.88. The van der Waals surface area contributed by atoms with Gasteiger partial charge in [0.25, 0.3) is 0 Å². The number of hydrogen-bond donors (Lipinski definition) is 0. The summed E-state index contributed by atoms with van der Waals surface area (Å²) in [7, 11) is 1.33. The Labute approximate surface area is 106 Å². The highest BCUT2D eigenvalue weighted by molar-refractivity contribution is 5.72. The van der Waals surface area contributed by atoms with Crippen molar-refractivity contribution in [3.8, 4) is 0 Å². The predicted molar refractivity (Wildman–Crippen MR) is 65.6 cm³/mol. The zero-order chi connectivity index (χ0) is 13.4. The van der Waals surface area contributed by atoms with Crippen LogP contribution in [0.4, 0.5) is 4.79 Å². The molecule has 0 spiro atoms. The molecule has 0 saturated carbocycles.